The Morgan fingerprint density at radius 3 is 3.05 bits per heavy atom. The minimum absolute atomic E-state index is 0.398. The van der Waals surface area contributed by atoms with Gasteiger partial charge in [-0.1, -0.05) is 12.2 Å². The van der Waals surface area contributed by atoms with Gasteiger partial charge in [0, 0.05) is 16.8 Å². The van der Waals surface area contributed by atoms with E-state index in [1.165, 1.54) is 16.1 Å². The summed E-state index contributed by atoms with van der Waals surface area (Å²) in [5.74, 6) is 0.796. The van der Waals surface area contributed by atoms with E-state index in [1.54, 1.807) is 11.3 Å². The summed E-state index contributed by atoms with van der Waals surface area (Å²) in [6, 6.07) is 2.10. The Hall–Kier alpha value is -1.53. The third kappa shape index (κ3) is 2.66. The molecule has 3 N–H and O–H groups in total. The Labute approximate surface area is 127 Å². The van der Waals surface area contributed by atoms with Gasteiger partial charge in [-0.3, -0.25) is 0 Å². The summed E-state index contributed by atoms with van der Waals surface area (Å²) in [5.41, 5.74) is 9.13. The van der Waals surface area contributed by atoms with Gasteiger partial charge in [-0.2, -0.15) is 0 Å². The topological polar surface area (TPSA) is 63.8 Å². The summed E-state index contributed by atoms with van der Waals surface area (Å²) in [6.07, 6.45) is 5.17. The molecule has 3 rings (SSSR count). The van der Waals surface area contributed by atoms with Gasteiger partial charge >= 0.3 is 0 Å². The Bertz CT molecular complexity index is 663. The normalized spacial score (nSPS) is 13.2. The van der Waals surface area contributed by atoms with Crippen LogP contribution in [-0.2, 0) is 19.4 Å². The number of nitrogens with one attached hydrogen (secondary N) is 1. The van der Waals surface area contributed by atoms with Crippen LogP contribution < -0.4 is 11.1 Å². The van der Waals surface area contributed by atoms with Gasteiger partial charge in [0.15, 0.2) is 0 Å². The van der Waals surface area contributed by atoms with E-state index >= 15 is 0 Å². The van der Waals surface area contributed by atoms with Crippen LogP contribution in [0.1, 0.15) is 33.1 Å². The molecule has 0 spiro atoms. The molecule has 0 saturated heterocycles. The monoisotopic (exact) mass is 304 g/mol. The van der Waals surface area contributed by atoms with Crippen molar-refractivity contribution in [3.63, 3.8) is 0 Å². The van der Waals surface area contributed by atoms with Gasteiger partial charge in [-0.05, 0) is 37.8 Å². The Balaban J connectivity index is 1.86. The minimum Gasteiger partial charge on any atom is -0.389 e. The smallest absolute Gasteiger partial charge is 0.136 e. The maximum atomic E-state index is 5.82. The maximum absolute atomic E-state index is 5.82. The Morgan fingerprint density at radius 1 is 1.50 bits per heavy atom. The van der Waals surface area contributed by atoms with Gasteiger partial charge in [0.25, 0.3) is 0 Å². The van der Waals surface area contributed by atoms with Crippen LogP contribution in [0.3, 0.4) is 0 Å². The molecule has 0 bridgehead atoms. The molecule has 104 valence electrons. The average molecular weight is 304 g/mol. The highest BCUT2D eigenvalue weighted by atomic mass is 32.1. The summed E-state index contributed by atoms with van der Waals surface area (Å²) in [4.78, 5) is 10.5. The van der Waals surface area contributed by atoms with E-state index in [0.29, 0.717) is 11.5 Å². The SMILES string of the molecule is Cc1ncc(CNc2nc3c(cc2C(N)=S)CCC3)s1. The molecule has 2 aromatic rings. The average Bonchev–Trinajstić information content (AvgIpc) is 3.03. The summed E-state index contributed by atoms with van der Waals surface area (Å²) in [5, 5.41) is 4.41. The summed E-state index contributed by atoms with van der Waals surface area (Å²) in [6.45, 7) is 2.70. The predicted octanol–water partition coefficient (Wildman–Crippen LogP) is 2.58. The van der Waals surface area contributed by atoms with Crippen molar-refractivity contribution in [3.8, 4) is 0 Å². The van der Waals surface area contributed by atoms with Crippen molar-refractivity contribution in [2.45, 2.75) is 32.7 Å². The largest absolute Gasteiger partial charge is 0.389 e. The van der Waals surface area contributed by atoms with Crippen molar-refractivity contribution in [3.05, 3.63) is 39.0 Å². The van der Waals surface area contributed by atoms with Gasteiger partial charge in [-0.15, -0.1) is 11.3 Å². The number of aromatic nitrogens is 2. The minimum atomic E-state index is 0.398. The first kappa shape index (κ1) is 13.5. The number of rotatable bonds is 4. The van der Waals surface area contributed by atoms with E-state index in [4.69, 9.17) is 22.9 Å². The first-order chi connectivity index (χ1) is 9.63. The summed E-state index contributed by atoms with van der Waals surface area (Å²) < 4.78 is 0. The second-order valence-corrected chi connectivity index (χ2v) is 6.67. The standard InChI is InChI=1S/C14H16N4S2/c1-8-16-6-10(20-8)7-17-14-11(13(15)19)5-9-3-2-4-12(9)18-14/h5-6H,2-4,7H2,1H3,(H2,15,19)(H,17,18). The molecule has 0 aliphatic heterocycles. The lowest BCUT2D eigenvalue weighted by Crippen LogP contribution is -2.15. The highest BCUT2D eigenvalue weighted by Crippen LogP contribution is 2.26. The van der Waals surface area contributed by atoms with Crippen LogP contribution >= 0.6 is 23.6 Å². The van der Waals surface area contributed by atoms with Gasteiger partial charge in [0.1, 0.15) is 10.8 Å². The van der Waals surface area contributed by atoms with E-state index in [2.05, 4.69) is 16.4 Å². The number of pyridine rings is 1. The Kier molecular flexibility index (Phi) is 3.67. The van der Waals surface area contributed by atoms with E-state index in [9.17, 15) is 0 Å². The molecule has 1 aliphatic rings. The second kappa shape index (κ2) is 5.46. The fourth-order valence-corrected chi connectivity index (χ4v) is 3.34. The van der Waals surface area contributed by atoms with Crippen molar-refractivity contribution in [1.82, 2.24) is 9.97 Å². The summed E-state index contributed by atoms with van der Waals surface area (Å²) in [7, 11) is 0. The molecule has 0 saturated carbocycles. The quantitative estimate of drug-likeness (QED) is 0.850. The molecular weight excluding hydrogens is 288 g/mol. The zero-order valence-electron chi connectivity index (χ0n) is 11.3. The molecule has 4 nitrogen and oxygen atoms in total. The molecule has 0 amide bonds. The lowest BCUT2D eigenvalue weighted by Gasteiger charge is -2.12. The fourth-order valence-electron chi connectivity index (χ4n) is 2.45. The fraction of sp³-hybridized carbons (Fsp3) is 0.357. The third-order valence-corrected chi connectivity index (χ3v) is 4.55. The van der Waals surface area contributed by atoms with Gasteiger partial charge in [0.2, 0.25) is 0 Å². The van der Waals surface area contributed by atoms with Crippen LogP contribution in [0.25, 0.3) is 0 Å². The van der Waals surface area contributed by atoms with Crippen molar-refractivity contribution in [1.29, 1.82) is 0 Å². The molecule has 2 heterocycles. The molecule has 20 heavy (non-hydrogen) atoms. The molecule has 0 fully saturated rings. The molecule has 0 atom stereocenters. The van der Waals surface area contributed by atoms with Crippen molar-refractivity contribution >= 4 is 34.4 Å². The van der Waals surface area contributed by atoms with Crippen molar-refractivity contribution in [2.75, 3.05) is 5.32 Å². The van der Waals surface area contributed by atoms with Gasteiger partial charge < -0.3 is 11.1 Å². The number of anilines is 1. The zero-order chi connectivity index (χ0) is 14.1. The number of nitrogens with two attached hydrogens (primary N) is 1. The summed E-state index contributed by atoms with van der Waals surface area (Å²) >= 11 is 6.83. The highest BCUT2D eigenvalue weighted by Gasteiger charge is 2.17. The zero-order valence-corrected chi connectivity index (χ0v) is 12.9. The number of thiazole rings is 1. The van der Waals surface area contributed by atoms with Crippen molar-refractivity contribution < 1.29 is 0 Å². The highest BCUT2D eigenvalue weighted by molar-refractivity contribution is 7.80. The van der Waals surface area contributed by atoms with E-state index in [0.717, 1.165) is 35.7 Å². The Morgan fingerprint density at radius 2 is 2.35 bits per heavy atom. The van der Waals surface area contributed by atoms with Crippen LogP contribution in [-0.4, -0.2) is 15.0 Å². The van der Waals surface area contributed by atoms with E-state index in [1.807, 2.05) is 13.1 Å². The lowest BCUT2D eigenvalue weighted by molar-refractivity contribution is 0.899. The van der Waals surface area contributed by atoms with Crippen LogP contribution in [0.2, 0.25) is 0 Å². The van der Waals surface area contributed by atoms with Crippen LogP contribution in [0, 0.1) is 6.92 Å². The predicted molar refractivity (Wildman–Crippen MR) is 86.3 cm³/mol. The first-order valence-electron chi connectivity index (χ1n) is 6.61. The second-order valence-electron chi connectivity index (χ2n) is 4.91. The number of thiocarbonyl (C=S) groups is 1. The van der Waals surface area contributed by atoms with E-state index in [-0.39, 0.29) is 0 Å². The van der Waals surface area contributed by atoms with Crippen molar-refractivity contribution in [2.24, 2.45) is 5.73 Å². The molecule has 0 unspecified atom stereocenters. The van der Waals surface area contributed by atoms with E-state index < -0.39 is 0 Å². The van der Waals surface area contributed by atoms with Crippen LogP contribution in [0.15, 0.2) is 12.3 Å². The molecule has 2 aromatic heterocycles. The molecular formula is C14H16N4S2. The van der Waals surface area contributed by atoms with Crippen LogP contribution in [0.5, 0.6) is 0 Å². The molecule has 6 heteroatoms. The number of fused-ring (bicyclic) bond motifs is 1. The lowest BCUT2D eigenvalue weighted by atomic mass is 10.1. The van der Waals surface area contributed by atoms with Gasteiger partial charge in [-0.25, -0.2) is 9.97 Å². The number of aryl methyl sites for hydroxylation is 3. The van der Waals surface area contributed by atoms with Crippen LogP contribution in [0.4, 0.5) is 5.82 Å². The first-order valence-corrected chi connectivity index (χ1v) is 7.84. The number of hydrogen-bond acceptors (Lipinski definition) is 5. The molecule has 0 aromatic carbocycles. The molecule has 1 aliphatic carbocycles. The molecule has 0 radical (unpaired) electrons. The number of nitrogens with zero attached hydrogens (tertiary/aromatic N) is 2. The third-order valence-electron chi connectivity index (χ3n) is 3.42. The maximum Gasteiger partial charge on any atom is 0.136 e. The number of hydrogen-bond donors (Lipinski definition) is 2. The van der Waals surface area contributed by atoms with Gasteiger partial charge in [0.05, 0.1) is 17.1 Å².